The number of para-hydroxylation sites is 1. The van der Waals surface area contributed by atoms with Gasteiger partial charge in [-0.3, -0.25) is 14.5 Å². The first-order valence-electron chi connectivity index (χ1n) is 9.46. The topological polar surface area (TPSA) is 75.3 Å². The number of nitriles is 1. The predicted molar refractivity (Wildman–Crippen MR) is 117 cm³/mol. The molecule has 2 amide bonds. The van der Waals surface area contributed by atoms with Crippen molar-refractivity contribution in [2.45, 2.75) is 13.5 Å². The monoisotopic (exact) mass is 417 g/mol. The highest BCUT2D eigenvalue weighted by Gasteiger charge is 2.35. The Bertz CT molecular complexity index is 1190. The maximum Gasteiger partial charge on any atom is 0.293 e. The number of benzene rings is 2. The quantitative estimate of drug-likeness (QED) is 0.549. The van der Waals surface area contributed by atoms with E-state index in [9.17, 15) is 9.59 Å². The normalized spacial score (nSPS) is 15.2. The molecule has 1 aliphatic heterocycles. The number of hydrogen-bond donors (Lipinski definition) is 0. The van der Waals surface area contributed by atoms with Gasteiger partial charge in [0.15, 0.2) is 0 Å². The molecular weight excluding hydrogens is 398 g/mol. The smallest absolute Gasteiger partial charge is 0.293 e. The highest BCUT2D eigenvalue weighted by molar-refractivity contribution is 8.18. The summed E-state index contributed by atoms with van der Waals surface area (Å²) in [5, 5.41) is 9.68. The number of aryl methyl sites for hydroxylation is 1. The van der Waals surface area contributed by atoms with E-state index in [-0.39, 0.29) is 30.8 Å². The molecule has 0 unspecified atom stereocenters. The van der Waals surface area contributed by atoms with Crippen molar-refractivity contribution in [3.8, 4) is 11.8 Å². The van der Waals surface area contributed by atoms with Crippen LogP contribution in [0.1, 0.15) is 11.1 Å². The Morgan fingerprint density at radius 2 is 1.90 bits per heavy atom. The van der Waals surface area contributed by atoms with Crippen molar-refractivity contribution in [1.29, 1.82) is 5.26 Å². The number of carbonyl (C=O) groups excluding carboxylic acids is 2. The number of amides is 2. The van der Waals surface area contributed by atoms with Gasteiger partial charge in [-0.25, -0.2) is 0 Å². The molecule has 0 N–H and O–H groups in total. The van der Waals surface area contributed by atoms with E-state index in [1.165, 1.54) is 4.90 Å². The van der Waals surface area contributed by atoms with Gasteiger partial charge in [-0.15, -0.1) is 0 Å². The molecule has 1 aliphatic rings. The summed E-state index contributed by atoms with van der Waals surface area (Å²) in [6.45, 7) is 2.63. The molecule has 1 aromatic heterocycles. The lowest BCUT2D eigenvalue weighted by Gasteiger charge is -2.13. The summed E-state index contributed by atoms with van der Waals surface area (Å²) in [4.78, 5) is 26.7. The molecule has 0 radical (unpaired) electrons. The molecule has 0 saturated carbocycles. The van der Waals surface area contributed by atoms with E-state index in [0.29, 0.717) is 10.7 Å². The van der Waals surface area contributed by atoms with Gasteiger partial charge in [-0.1, -0.05) is 35.9 Å². The van der Waals surface area contributed by atoms with E-state index in [1.54, 1.807) is 6.08 Å². The summed E-state index contributed by atoms with van der Waals surface area (Å²) in [6.07, 6.45) is 3.56. The van der Waals surface area contributed by atoms with E-state index in [0.717, 1.165) is 33.8 Å². The number of ether oxygens (including phenoxy) is 1. The fourth-order valence-electron chi connectivity index (χ4n) is 3.32. The fraction of sp³-hybridized carbons (Fsp3) is 0.174. The number of imide groups is 1. The SMILES string of the molecule is Cc1ccc(OCCN2C(=O)S/C(=C\c3cn(CC#N)c4ccccc34)C2=O)cc1. The van der Waals surface area contributed by atoms with E-state index < -0.39 is 0 Å². The molecule has 7 heteroatoms. The predicted octanol–water partition coefficient (Wildman–Crippen LogP) is 4.59. The number of thioether (sulfide) groups is 1. The van der Waals surface area contributed by atoms with Crippen molar-refractivity contribution in [3.05, 3.63) is 70.8 Å². The Labute approximate surface area is 178 Å². The molecule has 30 heavy (non-hydrogen) atoms. The third-order valence-corrected chi connectivity index (χ3v) is 5.73. The number of aromatic nitrogens is 1. The zero-order valence-corrected chi connectivity index (χ0v) is 17.2. The number of hydrogen-bond acceptors (Lipinski definition) is 5. The van der Waals surface area contributed by atoms with Crippen LogP contribution in [0.3, 0.4) is 0 Å². The van der Waals surface area contributed by atoms with Gasteiger partial charge >= 0.3 is 0 Å². The van der Waals surface area contributed by atoms with E-state index in [2.05, 4.69) is 6.07 Å². The summed E-state index contributed by atoms with van der Waals surface area (Å²) in [5.41, 5.74) is 2.85. The summed E-state index contributed by atoms with van der Waals surface area (Å²) >= 11 is 0.925. The van der Waals surface area contributed by atoms with Crippen LogP contribution in [-0.4, -0.2) is 33.8 Å². The number of nitrogens with zero attached hydrogens (tertiary/aromatic N) is 3. The molecule has 4 rings (SSSR count). The van der Waals surface area contributed by atoms with E-state index >= 15 is 0 Å². The maximum absolute atomic E-state index is 12.8. The molecule has 0 atom stereocenters. The van der Waals surface area contributed by atoms with Gasteiger partial charge in [0.2, 0.25) is 0 Å². The van der Waals surface area contributed by atoms with Gasteiger partial charge < -0.3 is 9.30 Å². The lowest BCUT2D eigenvalue weighted by atomic mass is 10.1. The van der Waals surface area contributed by atoms with Crippen LogP contribution in [0.5, 0.6) is 5.75 Å². The average Bonchev–Trinajstić information content (AvgIpc) is 3.22. The van der Waals surface area contributed by atoms with Crippen LogP contribution in [0, 0.1) is 18.3 Å². The highest BCUT2D eigenvalue weighted by atomic mass is 32.2. The summed E-state index contributed by atoms with van der Waals surface area (Å²) in [7, 11) is 0. The molecule has 150 valence electrons. The van der Waals surface area contributed by atoms with Gasteiger partial charge in [0.25, 0.3) is 11.1 Å². The van der Waals surface area contributed by atoms with Gasteiger partial charge in [-0.05, 0) is 43.0 Å². The van der Waals surface area contributed by atoms with Crippen molar-refractivity contribution in [1.82, 2.24) is 9.47 Å². The minimum Gasteiger partial charge on any atom is -0.492 e. The van der Waals surface area contributed by atoms with Crippen molar-refractivity contribution in [2.24, 2.45) is 0 Å². The number of fused-ring (bicyclic) bond motifs is 1. The lowest BCUT2D eigenvalue weighted by molar-refractivity contribution is -0.123. The highest BCUT2D eigenvalue weighted by Crippen LogP contribution is 2.34. The van der Waals surface area contributed by atoms with Crippen LogP contribution in [0.2, 0.25) is 0 Å². The second-order valence-corrected chi connectivity index (χ2v) is 7.88. The third-order valence-electron chi connectivity index (χ3n) is 4.83. The second kappa shape index (κ2) is 8.47. The Morgan fingerprint density at radius 1 is 1.13 bits per heavy atom. The van der Waals surface area contributed by atoms with Crippen molar-refractivity contribution >= 4 is 39.9 Å². The summed E-state index contributed by atoms with van der Waals surface area (Å²) in [6, 6.07) is 17.4. The van der Waals surface area contributed by atoms with Crippen molar-refractivity contribution in [2.75, 3.05) is 13.2 Å². The maximum atomic E-state index is 12.8. The van der Waals surface area contributed by atoms with Gasteiger partial charge in [0.1, 0.15) is 18.9 Å². The van der Waals surface area contributed by atoms with Gasteiger partial charge in [0.05, 0.1) is 17.5 Å². The molecule has 6 nitrogen and oxygen atoms in total. The summed E-state index contributed by atoms with van der Waals surface area (Å²) in [5.74, 6) is 0.378. The van der Waals surface area contributed by atoms with Crippen LogP contribution < -0.4 is 4.74 Å². The molecular formula is C23H19N3O3S. The van der Waals surface area contributed by atoms with Gasteiger partial charge in [0, 0.05) is 22.7 Å². The molecule has 1 fully saturated rings. The van der Waals surface area contributed by atoms with Crippen molar-refractivity contribution < 1.29 is 14.3 Å². The van der Waals surface area contributed by atoms with Crippen LogP contribution in [0.4, 0.5) is 4.79 Å². The van der Waals surface area contributed by atoms with Gasteiger partial charge in [-0.2, -0.15) is 5.26 Å². The van der Waals surface area contributed by atoms with Crippen molar-refractivity contribution in [3.63, 3.8) is 0 Å². The standard InChI is InChI=1S/C23H19N3O3S/c1-16-6-8-18(9-7-16)29-13-12-26-22(27)21(30-23(26)28)14-17-15-25(11-10-24)20-5-3-2-4-19(17)20/h2-9,14-15H,11-13H2,1H3/b21-14-. The number of rotatable bonds is 6. The lowest BCUT2D eigenvalue weighted by Crippen LogP contribution is -2.32. The minimum absolute atomic E-state index is 0.187. The molecule has 0 aliphatic carbocycles. The van der Waals surface area contributed by atoms with Crippen LogP contribution in [0.25, 0.3) is 17.0 Å². The molecule has 0 spiro atoms. The minimum atomic E-state index is -0.324. The Hall–Kier alpha value is -3.50. The number of carbonyl (C=O) groups is 2. The van der Waals surface area contributed by atoms with Crippen LogP contribution in [0.15, 0.2) is 59.6 Å². The van der Waals surface area contributed by atoms with Crippen LogP contribution >= 0.6 is 11.8 Å². The summed E-state index contributed by atoms with van der Waals surface area (Å²) < 4.78 is 7.49. The zero-order chi connectivity index (χ0) is 21.1. The molecule has 0 bridgehead atoms. The first kappa shape index (κ1) is 19.8. The Morgan fingerprint density at radius 3 is 2.67 bits per heavy atom. The second-order valence-electron chi connectivity index (χ2n) is 6.88. The van der Waals surface area contributed by atoms with E-state index in [4.69, 9.17) is 10.00 Å². The third kappa shape index (κ3) is 3.95. The molecule has 2 aromatic carbocycles. The fourth-order valence-corrected chi connectivity index (χ4v) is 4.18. The molecule has 2 heterocycles. The van der Waals surface area contributed by atoms with E-state index in [1.807, 2.05) is 66.2 Å². The Balaban J connectivity index is 1.50. The Kier molecular flexibility index (Phi) is 5.59. The zero-order valence-electron chi connectivity index (χ0n) is 16.4. The first-order valence-corrected chi connectivity index (χ1v) is 10.3. The van der Waals surface area contributed by atoms with Crippen LogP contribution in [-0.2, 0) is 11.3 Å². The first-order chi connectivity index (χ1) is 14.6. The molecule has 3 aromatic rings. The average molecular weight is 417 g/mol. The largest absolute Gasteiger partial charge is 0.492 e. The molecule has 1 saturated heterocycles.